The van der Waals surface area contributed by atoms with Crippen LogP contribution < -0.4 is 15.1 Å². The van der Waals surface area contributed by atoms with Gasteiger partial charge in [0.2, 0.25) is 0 Å². The maximum absolute atomic E-state index is 12.1. The first-order chi connectivity index (χ1) is 13.6. The topological polar surface area (TPSA) is 53.9 Å². The SMILES string of the molecule is CN(C)c1ccc(C(=O)NN=Cc2ccc(OCc3ccccc3)cc2)cc1. The lowest BCUT2D eigenvalue weighted by Crippen LogP contribution is -2.17. The molecule has 5 heteroatoms. The van der Waals surface area contributed by atoms with E-state index in [9.17, 15) is 4.79 Å². The minimum absolute atomic E-state index is 0.246. The molecule has 5 nitrogen and oxygen atoms in total. The number of carbonyl (C=O) groups is 1. The van der Waals surface area contributed by atoms with Crippen molar-refractivity contribution in [3.63, 3.8) is 0 Å². The van der Waals surface area contributed by atoms with Crippen molar-refractivity contribution in [3.8, 4) is 5.75 Å². The second-order valence-corrected chi connectivity index (χ2v) is 6.48. The number of carbonyl (C=O) groups excluding carboxylic acids is 1. The average Bonchev–Trinajstić information content (AvgIpc) is 2.74. The standard InChI is InChI=1S/C23H23N3O2/c1-26(2)21-12-10-20(11-13-21)23(27)25-24-16-18-8-14-22(15-9-18)28-17-19-6-4-3-5-7-19/h3-16H,17H2,1-2H3,(H,25,27). The monoisotopic (exact) mass is 373 g/mol. The molecule has 3 aromatic carbocycles. The number of hydrogen-bond acceptors (Lipinski definition) is 4. The molecule has 0 saturated heterocycles. The van der Waals surface area contributed by atoms with Crippen molar-refractivity contribution in [3.05, 3.63) is 95.6 Å². The summed E-state index contributed by atoms with van der Waals surface area (Å²) in [5, 5.41) is 4.02. The van der Waals surface area contributed by atoms with Crippen molar-refractivity contribution in [2.24, 2.45) is 5.10 Å². The largest absolute Gasteiger partial charge is 0.489 e. The molecular weight excluding hydrogens is 350 g/mol. The van der Waals surface area contributed by atoms with Gasteiger partial charge in [0.1, 0.15) is 12.4 Å². The van der Waals surface area contributed by atoms with Crippen molar-refractivity contribution in [2.75, 3.05) is 19.0 Å². The predicted molar refractivity (Wildman–Crippen MR) is 113 cm³/mol. The lowest BCUT2D eigenvalue weighted by molar-refractivity contribution is 0.0955. The lowest BCUT2D eigenvalue weighted by Gasteiger charge is -2.12. The molecule has 0 aliphatic rings. The van der Waals surface area contributed by atoms with E-state index in [1.165, 1.54) is 0 Å². The van der Waals surface area contributed by atoms with Crippen LogP contribution in [0.4, 0.5) is 5.69 Å². The van der Waals surface area contributed by atoms with Gasteiger partial charge in [-0.1, -0.05) is 30.3 Å². The number of nitrogens with one attached hydrogen (secondary N) is 1. The molecule has 0 atom stereocenters. The van der Waals surface area contributed by atoms with Gasteiger partial charge in [0, 0.05) is 25.3 Å². The molecule has 142 valence electrons. The van der Waals surface area contributed by atoms with Crippen LogP contribution in [0.3, 0.4) is 0 Å². The Hall–Kier alpha value is -3.60. The van der Waals surface area contributed by atoms with E-state index in [1.807, 2.05) is 85.7 Å². The number of nitrogens with zero attached hydrogens (tertiary/aromatic N) is 2. The summed E-state index contributed by atoms with van der Waals surface area (Å²) in [6, 6.07) is 24.9. The molecule has 3 aromatic rings. The number of hydrazone groups is 1. The Balaban J connectivity index is 1.50. The van der Waals surface area contributed by atoms with Gasteiger partial charge in [-0.25, -0.2) is 5.43 Å². The van der Waals surface area contributed by atoms with Crippen LogP contribution in [0.2, 0.25) is 0 Å². The van der Waals surface area contributed by atoms with Crippen LogP contribution in [-0.2, 0) is 6.61 Å². The minimum atomic E-state index is -0.246. The fraction of sp³-hybridized carbons (Fsp3) is 0.130. The summed E-state index contributed by atoms with van der Waals surface area (Å²) in [5.41, 5.74) is 6.13. The number of rotatable bonds is 7. The molecule has 1 N–H and O–H groups in total. The third kappa shape index (κ3) is 5.45. The van der Waals surface area contributed by atoms with Crippen LogP contribution >= 0.6 is 0 Å². The number of anilines is 1. The highest BCUT2D eigenvalue weighted by molar-refractivity contribution is 5.95. The summed E-state index contributed by atoms with van der Waals surface area (Å²) in [6.45, 7) is 0.525. The molecular formula is C23H23N3O2. The van der Waals surface area contributed by atoms with E-state index >= 15 is 0 Å². The summed E-state index contributed by atoms with van der Waals surface area (Å²) in [6.07, 6.45) is 1.60. The zero-order valence-corrected chi connectivity index (χ0v) is 16.0. The Morgan fingerprint density at radius 2 is 1.64 bits per heavy atom. The van der Waals surface area contributed by atoms with E-state index in [4.69, 9.17) is 4.74 Å². The molecule has 0 spiro atoms. The highest BCUT2D eigenvalue weighted by Gasteiger charge is 2.04. The molecule has 1 amide bonds. The Bertz CT molecular complexity index is 918. The van der Waals surface area contributed by atoms with Crippen LogP contribution in [0, 0.1) is 0 Å². The van der Waals surface area contributed by atoms with E-state index < -0.39 is 0 Å². The third-order valence-electron chi connectivity index (χ3n) is 4.15. The van der Waals surface area contributed by atoms with E-state index in [0.717, 1.165) is 22.6 Å². The molecule has 0 radical (unpaired) electrons. The van der Waals surface area contributed by atoms with Crippen LogP contribution in [0.1, 0.15) is 21.5 Å². The Labute approximate surface area is 165 Å². The van der Waals surface area contributed by atoms with Crippen LogP contribution in [0.25, 0.3) is 0 Å². The summed E-state index contributed by atoms with van der Waals surface area (Å²) in [7, 11) is 3.91. The van der Waals surface area contributed by atoms with Crippen LogP contribution in [0.5, 0.6) is 5.75 Å². The summed E-state index contributed by atoms with van der Waals surface area (Å²) < 4.78 is 5.76. The van der Waals surface area contributed by atoms with Crippen LogP contribution in [0.15, 0.2) is 84.0 Å². The first-order valence-electron chi connectivity index (χ1n) is 8.99. The number of benzene rings is 3. The second kappa shape index (κ2) is 9.37. The molecule has 0 bridgehead atoms. The molecule has 28 heavy (non-hydrogen) atoms. The lowest BCUT2D eigenvalue weighted by atomic mass is 10.2. The normalized spacial score (nSPS) is 10.6. The van der Waals surface area contributed by atoms with Crippen molar-refractivity contribution in [2.45, 2.75) is 6.61 Å². The van der Waals surface area contributed by atoms with Gasteiger partial charge in [0.15, 0.2) is 0 Å². The van der Waals surface area contributed by atoms with E-state index in [2.05, 4.69) is 10.5 Å². The first-order valence-corrected chi connectivity index (χ1v) is 8.99. The van der Waals surface area contributed by atoms with Crippen molar-refractivity contribution < 1.29 is 9.53 Å². The zero-order valence-electron chi connectivity index (χ0n) is 16.0. The molecule has 0 saturated carbocycles. The average molecular weight is 373 g/mol. The molecule has 0 aliphatic carbocycles. The van der Waals surface area contributed by atoms with E-state index in [-0.39, 0.29) is 5.91 Å². The maximum atomic E-state index is 12.1. The zero-order chi connectivity index (χ0) is 19.8. The van der Waals surface area contributed by atoms with Gasteiger partial charge in [-0.15, -0.1) is 0 Å². The molecule has 3 rings (SSSR count). The van der Waals surface area contributed by atoms with Gasteiger partial charge in [-0.2, -0.15) is 5.10 Å². The molecule has 0 unspecified atom stereocenters. The molecule has 0 aromatic heterocycles. The Kier molecular flexibility index (Phi) is 6.41. The fourth-order valence-electron chi connectivity index (χ4n) is 2.53. The maximum Gasteiger partial charge on any atom is 0.271 e. The summed E-state index contributed by atoms with van der Waals surface area (Å²) >= 11 is 0. The van der Waals surface area contributed by atoms with Gasteiger partial charge >= 0.3 is 0 Å². The van der Waals surface area contributed by atoms with Gasteiger partial charge in [0.05, 0.1) is 6.21 Å². The minimum Gasteiger partial charge on any atom is -0.489 e. The molecule has 0 fully saturated rings. The summed E-state index contributed by atoms with van der Waals surface area (Å²) in [5.74, 6) is 0.537. The molecule has 0 heterocycles. The van der Waals surface area contributed by atoms with Gasteiger partial charge in [-0.3, -0.25) is 4.79 Å². The first kappa shape index (κ1) is 19.2. The van der Waals surface area contributed by atoms with Gasteiger partial charge in [-0.05, 0) is 59.7 Å². The van der Waals surface area contributed by atoms with E-state index in [0.29, 0.717) is 12.2 Å². The third-order valence-corrected chi connectivity index (χ3v) is 4.15. The van der Waals surface area contributed by atoms with Crippen molar-refractivity contribution in [1.82, 2.24) is 5.43 Å². The smallest absolute Gasteiger partial charge is 0.271 e. The van der Waals surface area contributed by atoms with Crippen LogP contribution in [-0.4, -0.2) is 26.2 Å². The van der Waals surface area contributed by atoms with E-state index in [1.54, 1.807) is 18.3 Å². The van der Waals surface area contributed by atoms with Gasteiger partial charge in [0.25, 0.3) is 5.91 Å². The highest BCUT2D eigenvalue weighted by Crippen LogP contribution is 2.14. The van der Waals surface area contributed by atoms with Crippen molar-refractivity contribution >= 4 is 17.8 Å². The fourth-order valence-corrected chi connectivity index (χ4v) is 2.53. The Morgan fingerprint density at radius 1 is 0.964 bits per heavy atom. The quantitative estimate of drug-likeness (QED) is 0.501. The predicted octanol–water partition coefficient (Wildman–Crippen LogP) is 4.10. The number of ether oxygens (including phenoxy) is 1. The van der Waals surface area contributed by atoms with Gasteiger partial charge < -0.3 is 9.64 Å². The summed E-state index contributed by atoms with van der Waals surface area (Å²) in [4.78, 5) is 14.1. The Morgan fingerprint density at radius 3 is 2.29 bits per heavy atom. The molecule has 0 aliphatic heterocycles. The number of amides is 1. The number of hydrogen-bond donors (Lipinski definition) is 1. The van der Waals surface area contributed by atoms with Crippen molar-refractivity contribution in [1.29, 1.82) is 0 Å². The highest BCUT2D eigenvalue weighted by atomic mass is 16.5. The second-order valence-electron chi connectivity index (χ2n) is 6.48.